The molecule has 4 aromatic rings. The van der Waals surface area contributed by atoms with Crippen LogP contribution in [0.15, 0.2) is 79.3 Å². The summed E-state index contributed by atoms with van der Waals surface area (Å²) in [6.45, 7) is 13.2. The predicted octanol–water partition coefficient (Wildman–Crippen LogP) is 6.81. The number of hydrogen-bond donors (Lipinski definition) is 3. The molecule has 0 atom stereocenters. The molecule has 3 heterocycles. The maximum Gasteiger partial charge on any atom is 0.255 e. The van der Waals surface area contributed by atoms with E-state index in [1.807, 2.05) is 88.4 Å². The molecule has 1 aliphatic heterocycles. The van der Waals surface area contributed by atoms with E-state index in [1.54, 1.807) is 18.6 Å². The Hall–Kier alpha value is -3.79. The standard InChI is InChI=1S/C30H33N7OS.2C2H6/c1-36-14-16-37(17-15-36)21-22-4-6-24(7-5-22)29(38)33-26-9-8-23(11-18-39)28(19-26)35-30-32-13-10-27(34-30)25-3-2-12-31-20-25;2*1-2/h2-10,12-13,19-20,39H,11,14-18,21H2,1H3,(H,33,38)(H,32,34,35);2*1-2H3. The second kappa shape index (κ2) is 18.0. The van der Waals surface area contributed by atoms with Gasteiger partial charge in [-0.05, 0) is 72.8 Å². The second-order valence-electron chi connectivity index (χ2n) is 9.71. The third-order valence-corrected chi connectivity index (χ3v) is 7.05. The molecule has 0 spiro atoms. The second-order valence-corrected chi connectivity index (χ2v) is 10.2. The smallest absolute Gasteiger partial charge is 0.255 e. The molecule has 2 aromatic heterocycles. The van der Waals surface area contributed by atoms with Crippen LogP contribution in [-0.4, -0.2) is 69.6 Å². The molecule has 0 bridgehead atoms. The molecule has 5 rings (SSSR count). The van der Waals surface area contributed by atoms with Crippen molar-refractivity contribution >= 4 is 35.9 Å². The average molecular weight is 600 g/mol. The summed E-state index contributed by atoms with van der Waals surface area (Å²) < 4.78 is 0. The fraction of sp³-hybridized carbons (Fsp3) is 0.353. The number of rotatable bonds is 9. The number of piperazine rings is 1. The van der Waals surface area contributed by atoms with Crippen molar-refractivity contribution in [3.05, 3.63) is 95.9 Å². The molecule has 2 aromatic carbocycles. The van der Waals surface area contributed by atoms with Crippen molar-refractivity contribution < 1.29 is 4.79 Å². The first-order chi connectivity index (χ1) is 21.1. The number of likely N-dealkylation sites (N-methyl/N-ethyl adjacent to an activating group) is 1. The Labute approximate surface area is 262 Å². The Morgan fingerprint density at radius 1 is 0.930 bits per heavy atom. The predicted molar refractivity (Wildman–Crippen MR) is 182 cm³/mol. The number of nitrogens with zero attached hydrogens (tertiary/aromatic N) is 5. The van der Waals surface area contributed by atoms with E-state index in [2.05, 4.69) is 55.1 Å². The molecule has 0 radical (unpaired) electrons. The van der Waals surface area contributed by atoms with E-state index >= 15 is 0 Å². The fourth-order valence-corrected chi connectivity index (χ4v) is 4.79. The van der Waals surface area contributed by atoms with Gasteiger partial charge in [-0.25, -0.2) is 9.97 Å². The molecule has 0 unspecified atom stereocenters. The van der Waals surface area contributed by atoms with Gasteiger partial charge in [-0.2, -0.15) is 12.6 Å². The van der Waals surface area contributed by atoms with Gasteiger partial charge in [0.2, 0.25) is 5.95 Å². The SMILES string of the molecule is CC.CC.CN1CCN(Cc2ccc(C(=O)Nc3ccc(CCS)c(Nc4nccc(-c5cccnc5)n4)c3)cc2)CC1. The molecule has 1 aliphatic rings. The maximum atomic E-state index is 13.0. The number of aryl methyl sites for hydroxylation is 1. The zero-order valence-corrected chi connectivity index (χ0v) is 26.9. The van der Waals surface area contributed by atoms with Crippen LogP contribution in [0.25, 0.3) is 11.3 Å². The van der Waals surface area contributed by atoms with E-state index in [-0.39, 0.29) is 5.91 Å². The van der Waals surface area contributed by atoms with Gasteiger partial charge in [-0.3, -0.25) is 14.7 Å². The summed E-state index contributed by atoms with van der Waals surface area (Å²) in [5, 5.41) is 6.37. The summed E-state index contributed by atoms with van der Waals surface area (Å²) in [7, 11) is 2.16. The highest BCUT2D eigenvalue weighted by Gasteiger charge is 2.15. The van der Waals surface area contributed by atoms with Gasteiger partial charge in [0.15, 0.2) is 0 Å². The Morgan fingerprint density at radius 3 is 2.35 bits per heavy atom. The quantitative estimate of drug-likeness (QED) is 0.182. The van der Waals surface area contributed by atoms with Crippen LogP contribution in [0, 0.1) is 0 Å². The molecule has 8 nitrogen and oxygen atoms in total. The van der Waals surface area contributed by atoms with Gasteiger partial charge in [-0.15, -0.1) is 0 Å². The zero-order valence-electron chi connectivity index (χ0n) is 26.0. The van der Waals surface area contributed by atoms with Crippen LogP contribution < -0.4 is 10.6 Å². The number of pyridine rings is 1. The summed E-state index contributed by atoms with van der Waals surface area (Å²) in [4.78, 5) is 31.1. The Bertz CT molecular complexity index is 1390. The molecular formula is C34H45N7OS. The first-order valence-corrected chi connectivity index (χ1v) is 15.8. The van der Waals surface area contributed by atoms with E-state index in [9.17, 15) is 4.79 Å². The summed E-state index contributed by atoms with van der Waals surface area (Å²) in [6.07, 6.45) is 5.98. The molecule has 1 fully saturated rings. The van der Waals surface area contributed by atoms with Crippen LogP contribution in [-0.2, 0) is 13.0 Å². The van der Waals surface area contributed by atoms with Gasteiger partial charge in [0.05, 0.1) is 5.69 Å². The van der Waals surface area contributed by atoms with Crippen molar-refractivity contribution in [2.45, 2.75) is 40.7 Å². The number of anilines is 3. The lowest BCUT2D eigenvalue weighted by Gasteiger charge is -2.32. The Balaban J connectivity index is 0.00000121. The van der Waals surface area contributed by atoms with E-state index in [0.717, 1.165) is 61.7 Å². The number of amides is 1. The number of benzene rings is 2. The van der Waals surface area contributed by atoms with Gasteiger partial charge in [0.25, 0.3) is 5.91 Å². The van der Waals surface area contributed by atoms with Gasteiger partial charge in [0.1, 0.15) is 0 Å². The van der Waals surface area contributed by atoms with Crippen molar-refractivity contribution in [3.63, 3.8) is 0 Å². The number of aromatic nitrogens is 3. The monoisotopic (exact) mass is 599 g/mol. The van der Waals surface area contributed by atoms with Gasteiger partial charge in [0, 0.05) is 73.8 Å². The number of carbonyl (C=O) groups is 1. The van der Waals surface area contributed by atoms with Crippen LogP contribution in [0.1, 0.15) is 49.2 Å². The lowest BCUT2D eigenvalue weighted by Crippen LogP contribution is -2.43. The highest BCUT2D eigenvalue weighted by molar-refractivity contribution is 7.80. The molecule has 9 heteroatoms. The van der Waals surface area contributed by atoms with Crippen molar-refractivity contribution in [2.75, 3.05) is 49.6 Å². The van der Waals surface area contributed by atoms with Gasteiger partial charge < -0.3 is 15.5 Å². The third-order valence-electron chi connectivity index (χ3n) is 6.83. The maximum absolute atomic E-state index is 13.0. The normalized spacial score (nSPS) is 13.2. The molecule has 228 valence electrons. The topological polar surface area (TPSA) is 86.3 Å². The Morgan fingerprint density at radius 2 is 1.67 bits per heavy atom. The molecule has 1 saturated heterocycles. The average Bonchev–Trinajstić information content (AvgIpc) is 3.06. The summed E-state index contributed by atoms with van der Waals surface area (Å²) in [6, 6.07) is 19.4. The molecule has 0 saturated carbocycles. The van der Waals surface area contributed by atoms with Crippen LogP contribution in [0.2, 0.25) is 0 Å². The van der Waals surface area contributed by atoms with E-state index in [0.29, 0.717) is 23.0 Å². The van der Waals surface area contributed by atoms with Crippen molar-refractivity contribution in [1.29, 1.82) is 0 Å². The molecule has 2 N–H and O–H groups in total. The minimum Gasteiger partial charge on any atom is -0.324 e. The van der Waals surface area contributed by atoms with E-state index < -0.39 is 0 Å². The molecule has 1 amide bonds. The highest BCUT2D eigenvalue weighted by Crippen LogP contribution is 2.26. The minimum absolute atomic E-state index is 0.149. The number of nitrogens with one attached hydrogen (secondary N) is 2. The largest absolute Gasteiger partial charge is 0.324 e. The number of thiol groups is 1. The van der Waals surface area contributed by atoms with Crippen LogP contribution in [0.3, 0.4) is 0 Å². The van der Waals surface area contributed by atoms with Crippen LogP contribution in [0.4, 0.5) is 17.3 Å². The first-order valence-electron chi connectivity index (χ1n) is 15.1. The molecule has 43 heavy (non-hydrogen) atoms. The van der Waals surface area contributed by atoms with E-state index in [1.165, 1.54) is 5.56 Å². The summed E-state index contributed by atoms with van der Waals surface area (Å²) >= 11 is 4.41. The molecule has 0 aliphatic carbocycles. The Kier molecular flexibility index (Phi) is 14.1. The van der Waals surface area contributed by atoms with E-state index in [4.69, 9.17) is 0 Å². The highest BCUT2D eigenvalue weighted by atomic mass is 32.1. The summed E-state index contributed by atoms with van der Waals surface area (Å²) in [5.41, 5.74) is 6.10. The van der Waals surface area contributed by atoms with Crippen molar-refractivity contribution in [1.82, 2.24) is 24.8 Å². The summed E-state index contributed by atoms with van der Waals surface area (Å²) in [5.74, 6) is 1.01. The minimum atomic E-state index is -0.149. The number of hydrogen-bond acceptors (Lipinski definition) is 8. The van der Waals surface area contributed by atoms with Gasteiger partial charge in [-0.1, -0.05) is 45.9 Å². The third kappa shape index (κ3) is 10.2. The van der Waals surface area contributed by atoms with Crippen molar-refractivity contribution in [3.8, 4) is 11.3 Å². The first kappa shape index (κ1) is 33.7. The zero-order chi connectivity index (χ0) is 31.0. The van der Waals surface area contributed by atoms with Crippen LogP contribution in [0.5, 0.6) is 0 Å². The van der Waals surface area contributed by atoms with Gasteiger partial charge >= 0.3 is 0 Å². The number of carbonyl (C=O) groups excluding carboxylic acids is 1. The van der Waals surface area contributed by atoms with Crippen LogP contribution >= 0.6 is 12.6 Å². The molecular weight excluding hydrogens is 554 g/mol. The lowest BCUT2D eigenvalue weighted by molar-refractivity contribution is 0.102. The fourth-order valence-electron chi connectivity index (χ4n) is 4.55. The lowest BCUT2D eigenvalue weighted by atomic mass is 10.1. The van der Waals surface area contributed by atoms with Crippen molar-refractivity contribution in [2.24, 2.45) is 0 Å².